The number of benzene rings is 4. The summed E-state index contributed by atoms with van der Waals surface area (Å²) in [6.45, 7) is 4.66. The molecule has 0 saturated heterocycles. The molecule has 0 aliphatic heterocycles. The second-order valence-electron chi connectivity index (χ2n) is 11.1. The van der Waals surface area contributed by atoms with Gasteiger partial charge in [-0.15, -0.1) is 0 Å². The predicted octanol–water partition coefficient (Wildman–Crippen LogP) is 8.98. The first-order chi connectivity index (χ1) is 18.1. The largest absolute Gasteiger partial charge is 0.256 e. The summed E-state index contributed by atoms with van der Waals surface area (Å²) < 4.78 is 0. The van der Waals surface area contributed by atoms with E-state index in [0.717, 1.165) is 18.5 Å². The van der Waals surface area contributed by atoms with Crippen molar-refractivity contribution in [2.24, 2.45) is 0 Å². The van der Waals surface area contributed by atoms with Gasteiger partial charge in [0.15, 0.2) is 0 Å². The third-order valence-electron chi connectivity index (χ3n) is 8.81. The molecule has 0 saturated carbocycles. The number of fused-ring (bicyclic) bond motifs is 3. The minimum atomic E-state index is -0.0510. The number of pyridine rings is 1. The average Bonchev–Trinajstić information content (AvgIpc) is 3.18. The van der Waals surface area contributed by atoms with Crippen molar-refractivity contribution in [1.82, 2.24) is 4.98 Å². The lowest BCUT2D eigenvalue weighted by Crippen LogP contribution is -2.15. The number of rotatable bonds is 2. The highest BCUT2D eigenvalue weighted by atomic mass is 14.7. The fraction of sp³-hybridized carbons (Fsp3) is 0.139. The van der Waals surface area contributed by atoms with Crippen LogP contribution in [0.3, 0.4) is 0 Å². The lowest BCUT2D eigenvalue weighted by atomic mass is 9.75. The number of nitrogens with zero attached hydrogens (tertiary/aromatic N) is 1. The van der Waals surface area contributed by atoms with Crippen LogP contribution < -0.4 is 0 Å². The fourth-order valence-corrected chi connectivity index (χ4v) is 6.96. The molecule has 176 valence electrons. The normalized spacial score (nSPS) is 16.2. The fourth-order valence-electron chi connectivity index (χ4n) is 6.96. The van der Waals surface area contributed by atoms with Gasteiger partial charge in [-0.3, -0.25) is 4.98 Å². The molecule has 0 fully saturated rings. The summed E-state index contributed by atoms with van der Waals surface area (Å²) in [6, 6.07) is 31.5. The zero-order valence-corrected chi connectivity index (χ0v) is 21.2. The van der Waals surface area contributed by atoms with E-state index in [4.69, 9.17) is 4.98 Å². The lowest BCUT2D eigenvalue weighted by molar-refractivity contribution is 0.659. The zero-order valence-electron chi connectivity index (χ0n) is 21.2. The van der Waals surface area contributed by atoms with Gasteiger partial charge in [0, 0.05) is 17.2 Å². The van der Waals surface area contributed by atoms with E-state index in [1.807, 2.05) is 6.20 Å². The SMILES string of the molecule is CC1(C)c2cc(-c3ccc4ccc5c6c4c3CC=C6CC=C5c3ccccc3)ccc2-c2ncccc21. The van der Waals surface area contributed by atoms with Crippen LogP contribution in [0.1, 0.15) is 53.6 Å². The maximum absolute atomic E-state index is 4.75. The summed E-state index contributed by atoms with van der Waals surface area (Å²) in [7, 11) is 0. The molecule has 8 rings (SSSR count). The van der Waals surface area contributed by atoms with Gasteiger partial charge < -0.3 is 0 Å². The van der Waals surface area contributed by atoms with E-state index in [1.54, 1.807) is 0 Å². The Morgan fingerprint density at radius 3 is 2.35 bits per heavy atom. The first-order valence-corrected chi connectivity index (χ1v) is 13.3. The van der Waals surface area contributed by atoms with Crippen molar-refractivity contribution < 1.29 is 0 Å². The van der Waals surface area contributed by atoms with Crippen LogP contribution in [-0.2, 0) is 11.8 Å². The Morgan fingerprint density at radius 1 is 0.676 bits per heavy atom. The second kappa shape index (κ2) is 7.40. The van der Waals surface area contributed by atoms with Crippen LogP contribution in [0.25, 0.3) is 44.3 Å². The number of aromatic nitrogens is 1. The Morgan fingerprint density at radius 2 is 1.49 bits per heavy atom. The maximum atomic E-state index is 4.75. The molecule has 0 bridgehead atoms. The standard InChI is InChI=1S/C36H27N/c1-36(2)31-9-6-20-37-35(31)30-19-14-25(21-32(30)36)27-16-11-24-12-17-28-26(22-7-4-3-5-8-22)15-10-23-13-18-29(27)34(24)33(23)28/h3-9,11-17,19-21H,10,18H2,1-2H3. The van der Waals surface area contributed by atoms with Crippen LogP contribution in [0.5, 0.6) is 0 Å². The van der Waals surface area contributed by atoms with Gasteiger partial charge in [-0.25, -0.2) is 0 Å². The summed E-state index contributed by atoms with van der Waals surface area (Å²) in [4.78, 5) is 4.75. The molecule has 3 aliphatic rings. The van der Waals surface area contributed by atoms with E-state index in [0.29, 0.717) is 0 Å². The molecule has 0 spiro atoms. The number of hydrogen-bond donors (Lipinski definition) is 0. The summed E-state index contributed by atoms with van der Waals surface area (Å²) in [6.07, 6.45) is 8.78. The van der Waals surface area contributed by atoms with Gasteiger partial charge in [-0.2, -0.15) is 0 Å². The van der Waals surface area contributed by atoms with Gasteiger partial charge in [0.2, 0.25) is 0 Å². The van der Waals surface area contributed by atoms with Crippen LogP contribution in [0.2, 0.25) is 0 Å². The molecule has 0 radical (unpaired) electrons. The molecular formula is C36H27N. The van der Waals surface area contributed by atoms with Crippen LogP contribution in [0, 0.1) is 0 Å². The third-order valence-corrected chi connectivity index (χ3v) is 8.81. The van der Waals surface area contributed by atoms with Crippen molar-refractivity contribution in [3.63, 3.8) is 0 Å². The maximum Gasteiger partial charge on any atom is 0.0745 e. The van der Waals surface area contributed by atoms with Gasteiger partial charge in [0.1, 0.15) is 0 Å². The highest BCUT2D eigenvalue weighted by Crippen LogP contribution is 2.50. The van der Waals surface area contributed by atoms with Crippen molar-refractivity contribution in [2.45, 2.75) is 32.1 Å². The molecule has 0 unspecified atom stereocenters. The summed E-state index contributed by atoms with van der Waals surface area (Å²) in [5, 5.41) is 2.79. The van der Waals surface area contributed by atoms with E-state index in [2.05, 4.69) is 111 Å². The van der Waals surface area contributed by atoms with Gasteiger partial charge in [0.25, 0.3) is 0 Å². The molecule has 1 heteroatoms. The first-order valence-electron chi connectivity index (χ1n) is 13.3. The highest BCUT2D eigenvalue weighted by molar-refractivity contribution is 6.08. The smallest absolute Gasteiger partial charge is 0.0745 e. The molecule has 3 aliphatic carbocycles. The van der Waals surface area contributed by atoms with Crippen molar-refractivity contribution in [3.8, 4) is 22.4 Å². The minimum Gasteiger partial charge on any atom is -0.256 e. The van der Waals surface area contributed by atoms with Crippen molar-refractivity contribution in [1.29, 1.82) is 0 Å². The van der Waals surface area contributed by atoms with Crippen LogP contribution in [0.15, 0.2) is 103 Å². The first kappa shape index (κ1) is 20.9. The number of hydrogen-bond acceptors (Lipinski definition) is 1. The molecule has 0 N–H and O–H groups in total. The molecule has 1 nitrogen and oxygen atoms in total. The van der Waals surface area contributed by atoms with Crippen molar-refractivity contribution in [2.75, 3.05) is 0 Å². The summed E-state index contributed by atoms with van der Waals surface area (Å²) in [5.41, 5.74) is 16.1. The molecule has 0 amide bonds. The van der Waals surface area contributed by atoms with Crippen molar-refractivity contribution >= 4 is 21.9 Å². The molecule has 1 heterocycles. The summed E-state index contributed by atoms with van der Waals surface area (Å²) in [5.74, 6) is 0. The van der Waals surface area contributed by atoms with Gasteiger partial charge in [-0.1, -0.05) is 98.8 Å². The Bertz CT molecular complexity index is 1830. The van der Waals surface area contributed by atoms with Crippen molar-refractivity contribution in [3.05, 3.63) is 137 Å². The lowest BCUT2D eigenvalue weighted by Gasteiger charge is -2.28. The van der Waals surface area contributed by atoms with Gasteiger partial charge in [0.05, 0.1) is 5.69 Å². The molecule has 37 heavy (non-hydrogen) atoms. The van der Waals surface area contributed by atoms with Crippen LogP contribution in [-0.4, -0.2) is 4.98 Å². The Kier molecular flexibility index (Phi) is 4.18. The van der Waals surface area contributed by atoms with E-state index in [9.17, 15) is 0 Å². The summed E-state index contributed by atoms with van der Waals surface area (Å²) >= 11 is 0. The van der Waals surface area contributed by atoms with E-state index < -0.39 is 0 Å². The molecule has 4 aromatic carbocycles. The van der Waals surface area contributed by atoms with Gasteiger partial charge in [-0.05, 0) is 91.4 Å². The Balaban J connectivity index is 1.34. The third kappa shape index (κ3) is 2.83. The number of allylic oxidation sites excluding steroid dienone is 3. The Hall–Kier alpha value is -4.23. The average molecular weight is 474 g/mol. The quantitative estimate of drug-likeness (QED) is 0.249. The Labute approximate surface area is 217 Å². The van der Waals surface area contributed by atoms with Crippen LogP contribution >= 0.6 is 0 Å². The molecular weight excluding hydrogens is 446 g/mol. The predicted molar refractivity (Wildman–Crippen MR) is 155 cm³/mol. The van der Waals surface area contributed by atoms with Gasteiger partial charge >= 0.3 is 0 Å². The monoisotopic (exact) mass is 473 g/mol. The molecule has 5 aromatic rings. The van der Waals surface area contributed by atoms with Crippen LogP contribution in [0.4, 0.5) is 0 Å². The molecule has 1 aromatic heterocycles. The van der Waals surface area contributed by atoms with E-state index in [1.165, 1.54) is 72.0 Å². The van der Waals surface area contributed by atoms with E-state index >= 15 is 0 Å². The molecule has 0 atom stereocenters. The minimum absolute atomic E-state index is 0.0510. The zero-order chi connectivity index (χ0) is 24.7. The van der Waals surface area contributed by atoms with E-state index in [-0.39, 0.29) is 5.41 Å². The second-order valence-corrected chi connectivity index (χ2v) is 11.1. The highest BCUT2D eigenvalue weighted by Gasteiger charge is 2.36. The topological polar surface area (TPSA) is 12.9 Å².